The van der Waals surface area contributed by atoms with E-state index in [1.807, 2.05) is 56.3 Å². The molecule has 6 rings (SSSR count). The van der Waals surface area contributed by atoms with Gasteiger partial charge in [0.2, 0.25) is 5.91 Å². The topological polar surface area (TPSA) is 199 Å². The van der Waals surface area contributed by atoms with Gasteiger partial charge in [0.25, 0.3) is 11.8 Å². The SMILES string of the molecule is Cc1cc(NC(=O)C(C)(O)CSc2ccccc2)ccc1C#N.Cc1cc(NC(=O)C(C)(O)CSc2ccccc2F)ccc1C#N.Cc1ccc(SCC(C)C(=O)Nc2ccc(C#N)c(C)c2)cc1. The number of benzene rings is 6. The molecule has 0 fully saturated rings. The summed E-state index contributed by atoms with van der Waals surface area (Å²) in [6.07, 6.45) is 0. The van der Waals surface area contributed by atoms with Gasteiger partial charge in [-0.25, -0.2) is 4.39 Å². The zero-order valence-electron chi connectivity index (χ0n) is 40.0. The number of nitrogens with zero attached hydrogens (tertiary/aromatic N) is 3. The van der Waals surface area contributed by atoms with Gasteiger partial charge < -0.3 is 26.2 Å². The molecule has 0 aromatic heterocycles. The van der Waals surface area contributed by atoms with Crippen LogP contribution in [0.3, 0.4) is 0 Å². The fraction of sp³-hybridized carbons (Fsp3) is 0.236. The normalized spacial score (nSPS) is 12.5. The number of rotatable bonds is 15. The van der Waals surface area contributed by atoms with Crippen LogP contribution in [-0.4, -0.2) is 56.4 Å². The lowest BCUT2D eigenvalue weighted by Crippen LogP contribution is -2.42. The summed E-state index contributed by atoms with van der Waals surface area (Å²) in [6, 6.07) is 45.6. The second-order valence-corrected chi connectivity index (χ2v) is 19.9. The number of nitriles is 3. The summed E-state index contributed by atoms with van der Waals surface area (Å²) in [4.78, 5) is 39.4. The Kier molecular flexibility index (Phi) is 21.3. The maximum Gasteiger partial charge on any atom is 0.256 e. The number of halogens is 1. The number of thioether (sulfide) groups is 3. The lowest BCUT2D eigenvalue weighted by molar-refractivity contribution is -0.130. The summed E-state index contributed by atoms with van der Waals surface area (Å²) in [5.74, 6) is -0.565. The van der Waals surface area contributed by atoms with Crippen LogP contribution in [-0.2, 0) is 14.4 Å². The Morgan fingerprint density at radius 3 is 1.43 bits per heavy atom. The second kappa shape index (κ2) is 26.7. The van der Waals surface area contributed by atoms with Crippen LogP contribution in [0.2, 0.25) is 0 Å². The molecule has 3 atom stereocenters. The zero-order chi connectivity index (χ0) is 51.4. The van der Waals surface area contributed by atoms with Gasteiger partial charge in [-0.1, -0.05) is 55.0 Å². The molecule has 0 bridgehead atoms. The Morgan fingerprint density at radius 1 is 0.571 bits per heavy atom. The summed E-state index contributed by atoms with van der Waals surface area (Å²) in [5, 5.41) is 55.7. The fourth-order valence-electron chi connectivity index (χ4n) is 5.98. The Balaban J connectivity index is 0.000000228. The fourth-order valence-corrected chi connectivity index (χ4v) is 8.78. The van der Waals surface area contributed by atoms with E-state index in [-0.39, 0.29) is 29.1 Å². The van der Waals surface area contributed by atoms with Crippen molar-refractivity contribution in [3.05, 3.63) is 178 Å². The molecule has 0 saturated heterocycles. The van der Waals surface area contributed by atoms with Gasteiger partial charge in [0.1, 0.15) is 17.0 Å². The molecule has 0 spiro atoms. The minimum Gasteiger partial charge on any atom is -0.379 e. The third-order valence-corrected chi connectivity index (χ3v) is 14.3. The molecule has 0 saturated carbocycles. The molecule has 0 aliphatic rings. The first-order valence-electron chi connectivity index (χ1n) is 21.9. The lowest BCUT2D eigenvalue weighted by Gasteiger charge is -2.22. The minimum atomic E-state index is -1.67. The van der Waals surface area contributed by atoms with Gasteiger partial charge in [-0.2, -0.15) is 15.8 Å². The largest absolute Gasteiger partial charge is 0.379 e. The predicted molar refractivity (Wildman–Crippen MR) is 280 cm³/mol. The molecular weight excluding hydrogens is 940 g/mol. The molecule has 360 valence electrons. The molecule has 3 unspecified atom stereocenters. The summed E-state index contributed by atoms with van der Waals surface area (Å²) < 4.78 is 13.6. The van der Waals surface area contributed by atoms with E-state index in [1.54, 1.807) is 92.3 Å². The smallest absolute Gasteiger partial charge is 0.256 e. The molecule has 0 radical (unpaired) electrons. The molecular formula is C55H55FN6O5S3. The monoisotopic (exact) mass is 994 g/mol. The van der Waals surface area contributed by atoms with Crippen molar-refractivity contribution in [1.82, 2.24) is 0 Å². The number of nitrogens with one attached hydrogen (secondary N) is 3. The first-order valence-corrected chi connectivity index (χ1v) is 24.9. The first-order chi connectivity index (χ1) is 33.2. The molecule has 3 amide bonds. The highest BCUT2D eigenvalue weighted by Gasteiger charge is 2.32. The number of hydrogen-bond acceptors (Lipinski definition) is 11. The van der Waals surface area contributed by atoms with E-state index in [4.69, 9.17) is 15.8 Å². The minimum absolute atomic E-state index is 0.00582. The average molecular weight is 995 g/mol. The average Bonchev–Trinajstić information content (AvgIpc) is 3.33. The van der Waals surface area contributed by atoms with Crippen molar-refractivity contribution in [1.29, 1.82) is 15.8 Å². The van der Waals surface area contributed by atoms with Gasteiger partial charge in [-0.15, -0.1) is 35.3 Å². The van der Waals surface area contributed by atoms with Gasteiger partial charge >= 0.3 is 0 Å². The van der Waals surface area contributed by atoms with Gasteiger partial charge in [0.05, 0.1) is 34.9 Å². The molecule has 6 aromatic carbocycles. The third-order valence-electron chi connectivity index (χ3n) is 10.4. The van der Waals surface area contributed by atoms with E-state index in [0.29, 0.717) is 33.0 Å². The first kappa shape index (κ1) is 55.7. The van der Waals surface area contributed by atoms with Crippen molar-refractivity contribution in [2.45, 2.75) is 74.4 Å². The number of aliphatic hydroxyl groups is 2. The Hall–Kier alpha value is -6.90. The quantitative estimate of drug-likeness (QED) is 0.0613. The Labute approximate surface area is 422 Å². The maximum absolute atomic E-state index is 13.6. The van der Waals surface area contributed by atoms with E-state index in [9.17, 15) is 29.0 Å². The number of aryl methyl sites for hydroxylation is 4. The van der Waals surface area contributed by atoms with Crippen molar-refractivity contribution in [2.24, 2.45) is 5.92 Å². The van der Waals surface area contributed by atoms with E-state index < -0.39 is 23.0 Å². The zero-order valence-corrected chi connectivity index (χ0v) is 42.4. The number of carbonyl (C=O) groups is 3. The van der Waals surface area contributed by atoms with Gasteiger partial charge in [-0.3, -0.25) is 14.4 Å². The van der Waals surface area contributed by atoms with Crippen LogP contribution in [0.1, 0.15) is 59.7 Å². The van der Waals surface area contributed by atoms with Crippen LogP contribution in [0.4, 0.5) is 21.5 Å². The van der Waals surface area contributed by atoms with E-state index in [0.717, 1.165) is 44.8 Å². The van der Waals surface area contributed by atoms with Gasteiger partial charge in [0, 0.05) is 54.9 Å². The van der Waals surface area contributed by atoms with Crippen molar-refractivity contribution in [2.75, 3.05) is 33.2 Å². The van der Waals surface area contributed by atoms with E-state index >= 15 is 0 Å². The van der Waals surface area contributed by atoms with Crippen molar-refractivity contribution in [3.63, 3.8) is 0 Å². The summed E-state index contributed by atoms with van der Waals surface area (Å²) in [6.45, 7) is 12.3. The van der Waals surface area contributed by atoms with Crippen LogP contribution in [0.15, 0.2) is 148 Å². The number of carbonyl (C=O) groups excluding carboxylic acids is 3. The van der Waals surface area contributed by atoms with Gasteiger partial charge in [-0.05, 0) is 149 Å². The maximum atomic E-state index is 13.6. The van der Waals surface area contributed by atoms with E-state index in [2.05, 4.69) is 59.3 Å². The van der Waals surface area contributed by atoms with Crippen LogP contribution in [0.5, 0.6) is 0 Å². The molecule has 0 heterocycles. The van der Waals surface area contributed by atoms with Gasteiger partial charge in [0.15, 0.2) is 0 Å². The summed E-state index contributed by atoms with van der Waals surface area (Å²) in [5.41, 5.74) is 3.96. The highest BCUT2D eigenvalue weighted by molar-refractivity contribution is 7.99. The highest BCUT2D eigenvalue weighted by Crippen LogP contribution is 2.28. The Morgan fingerprint density at radius 2 is 0.986 bits per heavy atom. The predicted octanol–water partition coefficient (Wildman–Crippen LogP) is 11.4. The second-order valence-electron chi connectivity index (χ2n) is 16.7. The molecule has 5 N–H and O–H groups in total. The Bertz CT molecular complexity index is 2890. The molecule has 0 aliphatic carbocycles. The molecule has 6 aromatic rings. The number of amides is 3. The van der Waals surface area contributed by atoms with Crippen LogP contribution < -0.4 is 16.0 Å². The standard InChI is InChI=1S/C19H20N2OS.C18H17FN2O2S.C18H18N2O2S/c1-13-4-8-18(9-5-13)23-12-15(3)19(22)21-17-7-6-16(11-20)14(2)10-17;1-12-9-14(8-7-13(12)10-20)21-17(22)18(2,23)11-24-16-6-4-3-5-15(16)19;1-13-10-15(9-8-14(13)11-19)20-17(21)18(2,22)12-23-16-6-4-3-5-7-16/h4-10,15H,12H2,1-3H3,(H,21,22);3-9,23H,11H2,1-2H3,(H,21,22);3-10,22H,12H2,1-2H3,(H,20,21). The van der Waals surface area contributed by atoms with Crippen LogP contribution >= 0.6 is 35.3 Å². The van der Waals surface area contributed by atoms with Crippen molar-refractivity contribution >= 4 is 70.1 Å². The van der Waals surface area contributed by atoms with Crippen molar-refractivity contribution < 1.29 is 29.0 Å². The highest BCUT2D eigenvalue weighted by atomic mass is 32.2. The number of anilines is 3. The molecule has 11 nitrogen and oxygen atoms in total. The van der Waals surface area contributed by atoms with Crippen LogP contribution in [0.25, 0.3) is 0 Å². The summed E-state index contributed by atoms with van der Waals surface area (Å²) >= 11 is 4.18. The van der Waals surface area contributed by atoms with Crippen molar-refractivity contribution in [3.8, 4) is 18.2 Å². The van der Waals surface area contributed by atoms with E-state index in [1.165, 1.54) is 42.1 Å². The summed E-state index contributed by atoms with van der Waals surface area (Å²) in [7, 11) is 0. The third kappa shape index (κ3) is 17.6. The number of hydrogen-bond donors (Lipinski definition) is 5. The van der Waals surface area contributed by atoms with Crippen LogP contribution in [0, 0.1) is 73.4 Å². The molecule has 15 heteroatoms. The molecule has 0 aliphatic heterocycles. The lowest BCUT2D eigenvalue weighted by atomic mass is 10.1. The molecule has 70 heavy (non-hydrogen) atoms.